The first-order valence-corrected chi connectivity index (χ1v) is 17.2. The standard InChI is InChI=1S/C34H51N7O5/c1-34(2,3)46-32(44)35-25-8-5-23(6-9-25)20-39-14-13-26(22-39)40-17-15-38(16-18-40)21-24-7-10-27-29(19-24)37(4)33(45)41(27)28-11-12-30(42)36-31(28)43/h7,10,19,23,25-26,28H,5-6,8-9,11-18,20-22H2,1-4H3,(H,35,44)(H,36,42,43)/t23?,25?,26-,28?/m1/s1. The second kappa shape index (κ2) is 13.5. The summed E-state index contributed by atoms with van der Waals surface area (Å²) in [6, 6.07) is 6.26. The number of aromatic nitrogens is 2. The lowest BCUT2D eigenvalue weighted by Gasteiger charge is -2.38. The average molecular weight is 638 g/mol. The van der Waals surface area contributed by atoms with E-state index in [0.29, 0.717) is 18.4 Å². The van der Waals surface area contributed by atoms with Crippen LogP contribution in [-0.4, -0.2) is 105 Å². The van der Waals surface area contributed by atoms with Gasteiger partial charge in [0, 0.05) is 71.4 Å². The van der Waals surface area contributed by atoms with Gasteiger partial charge >= 0.3 is 11.8 Å². The number of hydrogen-bond acceptors (Lipinski definition) is 8. The predicted octanol–water partition coefficient (Wildman–Crippen LogP) is 2.59. The molecule has 3 amide bonds. The predicted molar refractivity (Wildman–Crippen MR) is 175 cm³/mol. The first-order chi connectivity index (χ1) is 21.9. The van der Waals surface area contributed by atoms with Crippen molar-refractivity contribution >= 4 is 28.9 Å². The Balaban J connectivity index is 0.951. The number of piperidine rings is 1. The van der Waals surface area contributed by atoms with Crippen LogP contribution in [-0.2, 0) is 27.9 Å². The minimum absolute atomic E-state index is 0.224. The number of benzene rings is 1. The van der Waals surface area contributed by atoms with E-state index in [2.05, 4.69) is 37.5 Å². The summed E-state index contributed by atoms with van der Waals surface area (Å²) in [4.78, 5) is 57.2. The Labute approximate surface area is 271 Å². The van der Waals surface area contributed by atoms with Gasteiger partial charge in [-0.2, -0.15) is 0 Å². The number of hydrogen-bond donors (Lipinski definition) is 2. The number of alkyl carbamates (subject to hydrolysis) is 1. The quantitative estimate of drug-likeness (QED) is 0.445. The maximum absolute atomic E-state index is 13.1. The highest BCUT2D eigenvalue weighted by Gasteiger charge is 2.33. The van der Waals surface area contributed by atoms with E-state index in [4.69, 9.17) is 4.74 Å². The van der Waals surface area contributed by atoms with Gasteiger partial charge in [-0.25, -0.2) is 9.59 Å². The van der Waals surface area contributed by atoms with E-state index in [9.17, 15) is 19.2 Å². The van der Waals surface area contributed by atoms with Crippen LogP contribution in [0.3, 0.4) is 0 Å². The Morgan fingerprint density at radius 1 is 0.935 bits per heavy atom. The Bertz CT molecular complexity index is 1490. The molecule has 4 heterocycles. The lowest BCUT2D eigenvalue weighted by molar-refractivity contribution is -0.135. The van der Waals surface area contributed by atoms with Crippen LogP contribution in [0, 0.1) is 5.92 Å². The third-order valence-electron chi connectivity index (χ3n) is 10.3. The lowest BCUT2D eigenvalue weighted by atomic mass is 9.86. The smallest absolute Gasteiger partial charge is 0.407 e. The summed E-state index contributed by atoms with van der Waals surface area (Å²) in [7, 11) is 1.75. The maximum atomic E-state index is 13.1. The molecular weight excluding hydrogens is 586 g/mol. The second-order valence-corrected chi connectivity index (χ2v) is 14.9. The normalized spacial score (nSPS) is 27.2. The molecule has 0 radical (unpaired) electrons. The fraction of sp³-hybridized carbons (Fsp3) is 0.706. The van der Waals surface area contributed by atoms with Gasteiger partial charge in [-0.15, -0.1) is 0 Å². The summed E-state index contributed by atoms with van der Waals surface area (Å²) >= 11 is 0. The molecule has 6 rings (SSSR count). The van der Waals surface area contributed by atoms with E-state index in [-0.39, 0.29) is 30.2 Å². The number of imidazole rings is 1. The SMILES string of the molecule is Cn1c(=O)n(C2CCC(=O)NC2=O)c2ccc(CN3CCN([C@@H]4CCN(CC5CCC(NC(=O)OC(C)(C)C)CC5)C4)CC3)cc21. The average Bonchev–Trinajstić information content (AvgIpc) is 3.56. The number of fused-ring (bicyclic) bond motifs is 1. The molecule has 46 heavy (non-hydrogen) atoms. The van der Waals surface area contributed by atoms with Gasteiger partial charge in [0.1, 0.15) is 11.6 Å². The van der Waals surface area contributed by atoms with E-state index in [0.717, 1.165) is 94.6 Å². The molecule has 0 spiro atoms. The van der Waals surface area contributed by atoms with Crippen molar-refractivity contribution in [2.75, 3.05) is 45.8 Å². The summed E-state index contributed by atoms with van der Waals surface area (Å²) in [5, 5.41) is 5.44. The Hall–Kier alpha value is -3.22. The largest absolute Gasteiger partial charge is 0.444 e. The molecule has 2 aromatic rings. The number of carbonyl (C=O) groups is 3. The van der Waals surface area contributed by atoms with E-state index in [1.807, 2.05) is 26.8 Å². The number of imide groups is 1. The highest BCUT2D eigenvalue weighted by molar-refractivity contribution is 6.00. The van der Waals surface area contributed by atoms with Crippen LogP contribution in [0.25, 0.3) is 11.0 Å². The zero-order valence-corrected chi connectivity index (χ0v) is 27.9. The van der Waals surface area contributed by atoms with Crippen molar-refractivity contribution in [3.63, 3.8) is 0 Å². The Morgan fingerprint density at radius 2 is 1.67 bits per heavy atom. The molecule has 4 fully saturated rings. The molecule has 3 saturated heterocycles. The summed E-state index contributed by atoms with van der Waals surface area (Å²) in [6.45, 7) is 14.1. The highest BCUT2D eigenvalue weighted by Crippen LogP contribution is 2.28. The van der Waals surface area contributed by atoms with Gasteiger partial charge in [0.2, 0.25) is 11.8 Å². The number of aryl methyl sites for hydroxylation is 1. The van der Waals surface area contributed by atoms with E-state index in [1.165, 1.54) is 6.42 Å². The highest BCUT2D eigenvalue weighted by atomic mass is 16.6. The number of carbonyl (C=O) groups excluding carboxylic acids is 3. The van der Waals surface area contributed by atoms with Crippen molar-refractivity contribution < 1.29 is 19.1 Å². The molecule has 252 valence electrons. The van der Waals surface area contributed by atoms with Gasteiger partial charge in [0.05, 0.1) is 11.0 Å². The number of ether oxygens (including phenoxy) is 1. The molecule has 0 bridgehead atoms. The minimum atomic E-state index is -0.664. The zero-order chi connectivity index (χ0) is 32.6. The van der Waals surface area contributed by atoms with Crippen LogP contribution in [0.5, 0.6) is 0 Å². The van der Waals surface area contributed by atoms with Crippen molar-refractivity contribution in [3.8, 4) is 0 Å². The number of nitrogens with one attached hydrogen (secondary N) is 2. The van der Waals surface area contributed by atoms with Gasteiger partial charge in [0.15, 0.2) is 0 Å². The number of piperazine rings is 1. The molecule has 1 saturated carbocycles. The van der Waals surface area contributed by atoms with Crippen molar-refractivity contribution in [2.24, 2.45) is 13.0 Å². The van der Waals surface area contributed by atoms with E-state index >= 15 is 0 Å². The third-order valence-corrected chi connectivity index (χ3v) is 10.3. The van der Waals surface area contributed by atoms with Gasteiger partial charge in [0.25, 0.3) is 0 Å². The van der Waals surface area contributed by atoms with Gasteiger partial charge in [-0.05, 0) is 89.5 Å². The Kier molecular flexibility index (Phi) is 9.59. The van der Waals surface area contributed by atoms with Crippen LogP contribution < -0.4 is 16.3 Å². The van der Waals surface area contributed by atoms with Crippen LogP contribution in [0.15, 0.2) is 23.0 Å². The molecule has 3 aliphatic heterocycles. The number of likely N-dealkylation sites (tertiary alicyclic amines) is 1. The van der Waals surface area contributed by atoms with Crippen LogP contribution in [0.1, 0.15) is 77.3 Å². The van der Waals surface area contributed by atoms with Gasteiger partial charge < -0.3 is 15.0 Å². The monoisotopic (exact) mass is 637 g/mol. The molecule has 1 aromatic heterocycles. The first kappa shape index (κ1) is 32.7. The van der Waals surface area contributed by atoms with Crippen molar-refractivity contribution in [1.29, 1.82) is 0 Å². The van der Waals surface area contributed by atoms with Crippen LogP contribution in [0.2, 0.25) is 0 Å². The fourth-order valence-corrected chi connectivity index (χ4v) is 7.89. The molecule has 1 aromatic carbocycles. The lowest BCUT2D eigenvalue weighted by Crippen LogP contribution is -2.50. The first-order valence-electron chi connectivity index (χ1n) is 17.2. The molecule has 12 nitrogen and oxygen atoms in total. The molecule has 1 unspecified atom stereocenters. The molecule has 2 atom stereocenters. The molecule has 12 heteroatoms. The van der Waals surface area contributed by atoms with E-state index < -0.39 is 17.6 Å². The molecular formula is C34H51N7O5. The summed E-state index contributed by atoms with van der Waals surface area (Å²) in [5.41, 5.74) is 1.99. The minimum Gasteiger partial charge on any atom is -0.444 e. The maximum Gasteiger partial charge on any atom is 0.407 e. The van der Waals surface area contributed by atoms with Crippen LogP contribution in [0.4, 0.5) is 4.79 Å². The second-order valence-electron chi connectivity index (χ2n) is 14.9. The topological polar surface area (TPSA) is 121 Å². The molecule has 2 N–H and O–H groups in total. The van der Waals surface area contributed by atoms with Gasteiger partial charge in [-0.1, -0.05) is 6.07 Å². The van der Waals surface area contributed by atoms with Crippen molar-refractivity contribution in [1.82, 2.24) is 34.5 Å². The fourth-order valence-electron chi connectivity index (χ4n) is 7.89. The van der Waals surface area contributed by atoms with Gasteiger partial charge in [-0.3, -0.25) is 33.8 Å². The Morgan fingerprint density at radius 3 is 2.37 bits per heavy atom. The summed E-state index contributed by atoms with van der Waals surface area (Å²) in [5.74, 6) is 0.00661. The van der Waals surface area contributed by atoms with Crippen molar-refractivity contribution in [3.05, 3.63) is 34.2 Å². The summed E-state index contributed by atoms with van der Waals surface area (Å²) < 4.78 is 8.58. The number of rotatable bonds is 7. The molecule has 4 aliphatic rings. The summed E-state index contributed by atoms with van der Waals surface area (Å²) in [6.07, 6.45) is 5.86. The van der Waals surface area contributed by atoms with E-state index in [1.54, 1.807) is 16.2 Å². The van der Waals surface area contributed by atoms with Crippen molar-refractivity contribution in [2.45, 2.75) is 96.0 Å². The zero-order valence-electron chi connectivity index (χ0n) is 27.9. The number of amides is 3. The van der Waals surface area contributed by atoms with Crippen LogP contribution >= 0.6 is 0 Å². The third kappa shape index (κ3) is 7.50. The molecule has 1 aliphatic carbocycles. The number of nitrogens with zero attached hydrogens (tertiary/aromatic N) is 5.